The lowest BCUT2D eigenvalue weighted by Gasteiger charge is -2.28. The predicted octanol–water partition coefficient (Wildman–Crippen LogP) is 1.08. The highest BCUT2D eigenvalue weighted by molar-refractivity contribution is 5.78. The van der Waals surface area contributed by atoms with E-state index in [1.165, 1.54) is 0 Å². The average molecular weight is 270 g/mol. The van der Waals surface area contributed by atoms with Crippen molar-refractivity contribution in [3.05, 3.63) is 0 Å². The smallest absolute Gasteiger partial charge is 0.323 e. The minimum Gasteiger partial charge on any atom is -0.480 e. The van der Waals surface area contributed by atoms with Crippen LogP contribution in [0.3, 0.4) is 0 Å². The van der Waals surface area contributed by atoms with Crippen LogP contribution in [0.15, 0.2) is 0 Å². The maximum absolute atomic E-state index is 11.4. The zero-order valence-electron chi connectivity index (χ0n) is 12.0. The van der Waals surface area contributed by atoms with Crippen molar-refractivity contribution in [1.82, 2.24) is 10.2 Å². The summed E-state index contributed by atoms with van der Waals surface area (Å²) in [7, 11) is 2.10. The molecule has 19 heavy (non-hydrogen) atoms. The second-order valence-corrected chi connectivity index (χ2v) is 6.16. The third-order valence-corrected chi connectivity index (χ3v) is 4.29. The number of carbonyl (C=O) groups is 1. The van der Waals surface area contributed by atoms with Gasteiger partial charge in [0.15, 0.2) is 0 Å². The van der Waals surface area contributed by atoms with E-state index in [-0.39, 0.29) is 0 Å². The fraction of sp³-hybridized carbons (Fsp3) is 0.929. The minimum atomic E-state index is -0.770. The number of ether oxygens (including phenoxy) is 1. The molecule has 1 aliphatic carbocycles. The molecule has 2 N–H and O–H groups in total. The summed E-state index contributed by atoms with van der Waals surface area (Å²) in [5.41, 5.74) is -0.770. The van der Waals surface area contributed by atoms with E-state index in [0.717, 1.165) is 45.4 Å². The Morgan fingerprint density at radius 1 is 1.47 bits per heavy atom. The molecule has 5 heteroatoms. The largest absolute Gasteiger partial charge is 0.480 e. The number of aliphatic carboxylic acids is 1. The Hall–Kier alpha value is -0.650. The molecule has 2 aliphatic rings. The first-order valence-corrected chi connectivity index (χ1v) is 7.30. The number of rotatable bonds is 8. The zero-order chi connectivity index (χ0) is 13.9. The van der Waals surface area contributed by atoms with E-state index >= 15 is 0 Å². The van der Waals surface area contributed by atoms with Crippen molar-refractivity contribution in [2.45, 2.75) is 56.7 Å². The van der Waals surface area contributed by atoms with Gasteiger partial charge in [-0.05, 0) is 52.6 Å². The fourth-order valence-corrected chi connectivity index (χ4v) is 2.65. The van der Waals surface area contributed by atoms with E-state index < -0.39 is 11.5 Å². The van der Waals surface area contributed by atoms with Gasteiger partial charge >= 0.3 is 5.97 Å². The van der Waals surface area contributed by atoms with E-state index in [9.17, 15) is 9.90 Å². The van der Waals surface area contributed by atoms with Gasteiger partial charge in [0.2, 0.25) is 0 Å². The normalized spacial score (nSPS) is 26.6. The van der Waals surface area contributed by atoms with Crippen molar-refractivity contribution in [2.24, 2.45) is 0 Å². The summed E-state index contributed by atoms with van der Waals surface area (Å²) in [6, 6.07) is 0.925. The van der Waals surface area contributed by atoms with Gasteiger partial charge in [-0.1, -0.05) is 0 Å². The summed E-state index contributed by atoms with van der Waals surface area (Å²) in [5.74, 6) is -0.730. The fourth-order valence-electron chi connectivity index (χ4n) is 2.65. The van der Waals surface area contributed by atoms with Gasteiger partial charge in [0.05, 0.1) is 6.61 Å². The Morgan fingerprint density at radius 3 is 2.74 bits per heavy atom. The van der Waals surface area contributed by atoms with Crippen LogP contribution in [0, 0.1) is 0 Å². The van der Waals surface area contributed by atoms with Crippen LogP contribution in [0.2, 0.25) is 0 Å². The Kier molecular flexibility index (Phi) is 4.81. The molecule has 0 amide bonds. The molecule has 0 spiro atoms. The minimum absolute atomic E-state index is 0.419. The van der Waals surface area contributed by atoms with Crippen LogP contribution in [-0.2, 0) is 9.53 Å². The Balaban J connectivity index is 1.73. The Morgan fingerprint density at radius 2 is 2.21 bits per heavy atom. The molecular formula is C14H26N2O3. The van der Waals surface area contributed by atoms with E-state index in [1.807, 2.05) is 6.92 Å². The lowest BCUT2D eigenvalue weighted by Crippen LogP contribution is -2.51. The molecule has 0 radical (unpaired) electrons. The number of nitrogens with one attached hydrogen (secondary N) is 1. The Labute approximate surface area is 115 Å². The molecule has 0 aromatic heterocycles. The van der Waals surface area contributed by atoms with E-state index in [1.54, 1.807) is 0 Å². The second kappa shape index (κ2) is 6.20. The van der Waals surface area contributed by atoms with Crippen LogP contribution < -0.4 is 5.32 Å². The molecule has 2 fully saturated rings. The molecule has 2 rings (SSSR count). The van der Waals surface area contributed by atoms with Gasteiger partial charge in [-0.3, -0.25) is 10.1 Å². The maximum Gasteiger partial charge on any atom is 0.323 e. The van der Waals surface area contributed by atoms with Crippen LogP contribution in [0.4, 0.5) is 0 Å². The predicted molar refractivity (Wildman–Crippen MR) is 73.3 cm³/mol. The molecular weight excluding hydrogens is 244 g/mol. The summed E-state index contributed by atoms with van der Waals surface area (Å²) in [4.78, 5) is 13.7. The molecule has 0 aromatic carbocycles. The number of likely N-dealkylation sites (N-methyl/N-ethyl adjacent to an activating group) is 1. The van der Waals surface area contributed by atoms with E-state index in [4.69, 9.17) is 4.74 Å². The van der Waals surface area contributed by atoms with Gasteiger partial charge in [-0.15, -0.1) is 0 Å². The Bertz CT molecular complexity index is 314. The molecule has 0 aromatic rings. The van der Waals surface area contributed by atoms with E-state index in [2.05, 4.69) is 17.3 Å². The lowest BCUT2D eigenvalue weighted by atomic mass is 9.95. The van der Waals surface area contributed by atoms with Gasteiger partial charge in [0.25, 0.3) is 0 Å². The molecule has 1 saturated carbocycles. The third kappa shape index (κ3) is 4.16. The molecule has 0 bridgehead atoms. The number of carboxylic acids is 1. The van der Waals surface area contributed by atoms with Crippen molar-refractivity contribution in [3.63, 3.8) is 0 Å². The van der Waals surface area contributed by atoms with Crippen LogP contribution >= 0.6 is 0 Å². The molecule has 1 heterocycles. The highest BCUT2D eigenvalue weighted by atomic mass is 16.5. The first kappa shape index (κ1) is 14.8. The lowest BCUT2D eigenvalue weighted by molar-refractivity contribution is -0.144. The van der Waals surface area contributed by atoms with Crippen LogP contribution in [0.25, 0.3) is 0 Å². The average Bonchev–Trinajstić information content (AvgIpc) is 2.98. The second-order valence-electron chi connectivity index (χ2n) is 6.16. The highest BCUT2D eigenvalue weighted by Gasteiger charge is 2.38. The number of hydrogen-bond donors (Lipinski definition) is 2. The summed E-state index contributed by atoms with van der Waals surface area (Å²) < 4.78 is 5.38. The first-order chi connectivity index (χ1) is 9.01. The third-order valence-electron chi connectivity index (χ3n) is 4.29. The molecule has 1 saturated heterocycles. The van der Waals surface area contributed by atoms with Gasteiger partial charge in [0, 0.05) is 18.7 Å². The number of nitrogens with zero attached hydrogens (tertiary/aromatic N) is 1. The van der Waals surface area contributed by atoms with Crippen molar-refractivity contribution < 1.29 is 14.6 Å². The maximum atomic E-state index is 11.4. The van der Waals surface area contributed by atoms with Crippen molar-refractivity contribution in [3.8, 4) is 0 Å². The zero-order valence-corrected chi connectivity index (χ0v) is 12.0. The quantitative estimate of drug-likeness (QED) is 0.691. The first-order valence-electron chi connectivity index (χ1n) is 7.30. The number of hydrogen-bond acceptors (Lipinski definition) is 4. The number of carboxylic acid groups (broad SMARTS) is 1. The molecule has 2 unspecified atom stereocenters. The van der Waals surface area contributed by atoms with Crippen LogP contribution in [0.1, 0.15) is 39.0 Å². The standard InChI is InChI=1S/C14H26N2O3/c1-14(13(17)18,15-11-4-5-11)7-3-8-16(2)12-6-9-19-10-12/h11-12,15H,3-10H2,1-2H3,(H,17,18). The summed E-state index contributed by atoms with van der Waals surface area (Å²) in [6.45, 7) is 4.41. The van der Waals surface area contributed by atoms with Gasteiger partial charge in [0.1, 0.15) is 5.54 Å². The summed E-state index contributed by atoms with van der Waals surface area (Å²) in [5, 5.41) is 12.7. The van der Waals surface area contributed by atoms with Crippen molar-refractivity contribution in [1.29, 1.82) is 0 Å². The SMILES string of the molecule is CN(CCCC(C)(NC1CC1)C(=O)O)C1CCOC1. The molecule has 2 atom stereocenters. The van der Waals surface area contributed by atoms with Gasteiger partial charge in [-0.2, -0.15) is 0 Å². The molecule has 5 nitrogen and oxygen atoms in total. The van der Waals surface area contributed by atoms with Crippen molar-refractivity contribution >= 4 is 5.97 Å². The molecule has 110 valence electrons. The van der Waals surface area contributed by atoms with Crippen molar-refractivity contribution in [2.75, 3.05) is 26.8 Å². The van der Waals surface area contributed by atoms with E-state index in [0.29, 0.717) is 18.5 Å². The van der Waals surface area contributed by atoms with Gasteiger partial charge < -0.3 is 14.7 Å². The van der Waals surface area contributed by atoms with Gasteiger partial charge in [-0.25, -0.2) is 0 Å². The highest BCUT2D eigenvalue weighted by Crippen LogP contribution is 2.25. The monoisotopic (exact) mass is 270 g/mol. The van der Waals surface area contributed by atoms with Crippen LogP contribution in [0.5, 0.6) is 0 Å². The van der Waals surface area contributed by atoms with Crippen LogP contribution in [-0.4, -0.2) is 60.4 Å². The summed E-state index contributed by atoms with van der Waals surface area (Å²) in [6.07, 6.45) is 4.89. The summed E-state index contributed by atoms with van der Waals surface area (Å²) >= 11 is 0. The molecule has 1 aliphatic heterocycles. The topological polar surface area (TPSA) is 61.8 Å².